The number of hydrogen-bond acceptors (Lipinski definition) is 3. The average molecular weight is 299 g/mol. The van der Waals surface area contributed by atoms with E-state index >= 15 is 0 Å². The second-order valence-electron chi connectivity index (χ2n) is 5.47. The molecule has 0 fully saturated rings. The topological polar surface area (TPSA) is 50.9 Å². The number of nitrogens with two attached hydrogens (primary N) is 1. The summed E-state index contributed by atoms with van der Waals surface area (Å²) >= 11 is 5.11. The number of anilines is 1. The number of hydrogen-bond donors (Lipinski definition) is 2. The van der Waals surface area contributed by atoms with Crippen LogP contribution in [0.5, 0.6) is 0 Å². The van der Waals surface area contributed by atoms with Crippen LogP contribution in [-0.2, 0) is 6.54 Å². The lowest BCUT2D eigenvalue weighted by atomic mass is 10.0. The lowest BCUT2D eigenvalue weighted by Gasteiger charge is -2.13. The van der Waals surface area contributed by atoms with Crippen LogP contribution in [0.25, 0.3) is 0 Å². The summed E-state index contributed by atoms with van der Waals surface area (Å²) in [4.78, 5) is 4.72. The van der Waals surface area contributed by atoms with Crippen LogP contribution in [0, 0.1) is 6.92 Å². The van der Waals surface area contributed by atoms with Crippen LogP contribution in [0.3, 0.4) is 0 Å². The molecule has 0 aliphatic rings. The molecule has 1 aromatic carbocycles. The molecule has 0 radical (unpaired) electrons. The van der Waals surface area contributed by atoms with Crippen molar-refractivity contribution in [3.05, 3.63) is 58.8 Å². The quantitative estimate of drug-likeness (QED) is 0.825. The molecular weight excluding hydrogens is 278 g/mol. The lowest BCUT2D eigenvalue weighted by Crippen LogP contribution is -2.16. The third-order valence-corrected chi connectivity index (χ3v) is 3.72. The van der Waals surface area contributed by atoms with Gasteiger partial charge in [0, 0.05) is 12.7 Å². The summed E-state index contributed by atoms with van der Waals surface area (Å²) in [6.07, 6.45) is 1.77. The number of pyridine rings is 1. The minimum Gasteiger partial charge on any atom is -0.389 e. The van der Waals surface area contributed by atoms with E-state index in [0.29, 0.717) is 17.5 Å². The molecular formula is C17H21N3S. The maximum atomic E-state index is 5.79. The molecule has 0 aliphatic carbocycles. The van der Waals surface area contributed by atoms with E-state index in [1.54, 1.807) is 6.20 Å². The third-order valence-electron chi connectivity index (χ3n) is 3.51. The maximum Gasteiger partial charge on any atom is 0.136 e. The van der Waals surface area contributed by atoms with Crippen molar-refractivity contribution in [3.63, 3.8) is 0 Å². The molecule has 4 heteroatoms. The van der Waals surface area contributed by atoms with Gasteiger partial charge in [-0.2, -0.15) is 0 Å². The summed E-state index contributed by atoms with van der Waals surface area (Å²) in [7, 11) is 0. The average Bonchev–Trinajstić information content (AvgIpc) is 2.45. The van der Waals surface area contributed by atoms with Crippen LogP contribution >= 0.6 is 12.2 Å². The van der Waals surface area contributed by atoms with E-state index in [1.807, 2.05) is 13.0 Å². The largest absolute Gasteiger partial charge is 0.389 e. The standard InChI is InChI=1S/C17H21N3S/c1-11(2)14-6-4-13(5-7-14)10-20-17-15(16(18)21)12(3)8-9-19-17/h4-9,11H,10H2,1-3H3,(H2,18,21)(H,19,20). The molecule has 0 aliphatic heterocycles. The summed E-state index contributed by atoms with van der Waals surface area (Å²) < 4.78 is 0. The van der Waals surface area contributed by atoms with E-state index < -0.39 is 0 Å². The van der Waals surface area contributed by atoms with Crippen molar-refractivity contribution in [2.75, 3.05) is 5.32 Å². The Bertz CT molecular complexity index is 633. The fourth-order valence-electron chi connectivity index (χ4n) is 2.21. The van der Waals surface area contributed by atoms with E-state index in [0.717, 1.165) is 16.9 Å². The second-order valence-corrected chi connectivity index (χ2v) is 5.91. The molecule has 0 saturated carbocycles. The van der Waals surface area contributed by atoms with E-state index in [4.69, 9.17) is 18.0 Å². The predicted octanol–water partition coefficient (Wildman–Crippen LogP) is 3.76. The third kappa shape index (κ3) is 3.79. The summed E-state index contributed by atoms with van der Waals surface area (Å²) in [5.41, 5.74) is 10.2. The predicted molar refractivity (Wildman–Crippen MR) is 92.7 cm³/mol. The molecule has 0 amide bonds. The van der Waals surface area contributed by atoms with Crippen molar-refractivity contribution in [3.8, 4) is 0 Å². The van der Waals surface area contributed by atoms with E-state index in [-0.39, 0.29) is 0 Å². The fraction of sp³-hybridized carbons (Fsp3) is 0.294. The Labute approximate surface area is 131 Å². The summed E-state index contributed by atoms with van der Waals surface area (Å²) in [6, 6.07) is 10.5. The molecule has 0 saturated heterocycles. The van der Waals surface area contributed by atoms with Gasteiger partial charge in [0.05, 0.1) is 5.56 Å². The summed E-state index contributed by atoms with van der Waals surface area (Å²) in [6.45, 7) is 7.07. The summed E-state index contributed by atoms with van der Waals surface area (Å²) in [5, 5.41) is 3.32. The first kappa shape index (κ1) is 15.4. The minimum absolute atomic E-state index is 0.373. The van der Waals surface area contributed by atoms with Crippen LogP contribution in [-0.4, -0.2) is 9.97 Å². The molecule has 3 N–H and O–H groups in total. The van der Waals surface area contributed by atoms with Gasteiger partial charge < -0.3 is 11.1 Å². The van der Waals surface area contributed by atoms with Crippen LogP contribution in [0.1, 0.15) is 42.0 Å². The maximum absolute atomic E-state index is 5.79. The molecule has 3 nitrogen and oxygen atoms in total. The van der Waals surface area contributed by atoms with Gasteiger partial charge in [0.2, 0.25) is 0 Å². The molecule has 0 unspecified atom stereocenters. The number of aryl methyl sites for hydroxylation is 1. The first-order chi connectivity index (χ1) is 9.99. The zero-order valence-electron chi connectivity index (χ0n) is 12.7. The van der Waals surface area contributed by atoms with E-state index in [9.17, 15) is 0 Å². The van der Waals surface area contributed by atoms with Crippen LogP contribution < -0.4 is 11.1 Å². The van der Waals surface area contributed by atoms with E-state index in [1.165, 1.54) is 11.1 Å². The number of rotatable bonds is 5. The van der Waals surface area contributed by atoms with Gasteiger partial charge in [0.15, 0.2) is 0 Å². The molecule has 21 heavy (non-hydrogen) atoms. The number of nitrogens with zero attached hydrogens (tertiary/aromatic N) is 1. The first-order valence-corrected chi connectivity index (χ1v) is 7.48. The van der Waals surface area contributed by atoms with Crippen LogP contribution in [0.4, 0.5) is 5.82 Å². The van der Waals surface area contributed by atoms with Gasteiger partial charge in [0.1, 0.15) is 10.8 Å². The highest BCUT2D eigenvalue weighted by atomic mass is 32.1. The van der Waals surface area contributed by atoms with E-state index in [2.05, 4.69) is 48.4 Å². The lowest BCUT2D eigenvalue weighted by molar-refractivity contribution is 0.865. The molecule has 2 rings (SSSR count). The monoisotopic (exact) mass is 299 g/mol. The van der Waals surface area contributed by atoms with Crippen molar-refractivity contribution in [1.29, 1.82) is 0 Å². The Kier molecular flexibility index (Phi) is 4.91. The molecule has 0 spiro atoms. The number of nitrogens with one attached hydrogen (secondary N) is 1. The molecule has 1 heterocycles. The normalized spacial score (nSPS) is 10.7. The van der Waals surface area contributed by atoms with Crippen molar-refractivity contribution in [2.24, 2.45) is 5.73 Å². The smallest absolute Gasteiger partial charge is 0.136 e. The zero-order valence-corrected chi connectivity index (χ0v) is 13.5. The highest BCUT2D eigenvalue weighted by Gasteiger charge is 2.09. The van der Waals surface area contributed by atoms with Crippen molar-refractivity contribution >= 4 is 23.0 Å². The number of benzene rings is 1. The Morgan fingerprint density at radius 2 is 1.90 bits per heavy atom. The molecule has 0 bridgehead atoms. The van der Waals surface area contributed by atoms with Gasteiger partial charge in [-0.25, -0.2) is 4.98 Å². The van der Waals surface area contributed by atoms with Gasteiger partial charge in [-0.05, 0) is 35.6 Å². The molecule has 1 aromatic heterocycles. The van der Waals surface area contributed by atoms with Gasteiger partial charge in [-0.1, -0.05) is 50.3 Å². The number of thiocarbonyl (C=S) groups is 1. The molecule has 0 atom stereocenters. The first-order valence-electron chi connectivity index (χ1n) is 7.07. The van der Waals surface area contributed by atoms with Crippen molar-refractivity contribution < 1.29 is 0 Å². The Morgan fingerprint density at radius 1 is 1.24 bits per heavy atom. The highest BCUT2D eigenvalue weighted by molar-refractivity contribution is 7.80. The van der Waals surface area contributed by atoms with Gasteiger partial charge in [-0.3, -0.25) is 0 Å². The Morgan fingerprint density at radius 3 is 2.48 bits per heavy atom. The number of aromatic nitrogens is 1. The highest BCUT2D eigenvalue weighted by Crippen LogP contribution is 2.18. The van der Waals surface area contributed by atoms with Gasteiger partial charge in [0.25, 0.3) is 0 Å². The zero-order chi connectivity index (χ0) is 15.4. The van der Waals surface area contributed by atoms with Crippen LogP contribution in [0.15, 0.2) is 36.5 Å². The fourth-order valence-corrected chi connectivity index (χ4v) is 2.47. The van der Waals surface area contributed by atoms with Crippen molar-refractivity contribution in [1.82, 2.24) is 4.98 Å². The van der Waals surface area contributed by atoms with Gasteiger partial charge in [-0.15, -0.1) is 0 Å². The Balaban J connectivity index is 2.13. The molecule has 110 valence electrons. The minimum atomic E-state index is 0.373. The summed E-state index contributed by atoms with van der Waals surface area (Å²) in [5.74, 6) is 1.29. The second kappa shape index (κ2) is 6.68. The SMILES string of the molecule is Cc1ccnc(NCc2ccc(C(C)C)cc2)c1C(N)=S. The van der Waals surface area contributed by atoms with Crippen LogP contribution in [0.2, 0.25) is 0 Å². The Hall–Kier alpha value is -1.94. The van der Waals surface area contributed by atoms with Crippen molar-refractivity contribution in [2.45, 2.75) is 33.2 Å². The molecule has 2 aromatic rings. The van der Waals surface area contributed by atoms with Gasteiger partial charge >= 0.3 is 0 Å².